The van der Waals surface area contributed by atoms with E-state index in [9.17, 15) is 0 Å². The molecule has 0 saturated heterocycles. The molecule has 0 atom stereocenters. The molecule has 0 N–H and O–H groups in total. The van der Waals surface area contributed by atoms with Crippen LogP contribution < -0.4 is 0 Å². The molecular formula is C38H21N3O. The molecule has 6 aromatic carbocycles. The summed E-state index contributed by atoms with van der Waals surface area (Å²) in [7, 11) is 0. The molecule has 1 aliphatic rings. The number of hydrogen-bond donors (Lipinski definition) is 0. The van der Waals surface area contributed by atoms with E-state index in [4.69, 9.17) is 14.4 Å². The third kappa shape index (κ3) is 2.85. The molecule has 4 nitrogen and oxygen atoms in total. The van der Waals surface area contributed by atoms with Crippen LogP contribution in [0.5, 0.6) is 0 Å². The molecular weight excluding hydrogens is 514 g/mol. The van der Waals surface area contributed by atoms with Gasteiger partial charge in [0.15, 0.2) is 5.82 Å². The minimum atomic E-state index is 0.866. The van der Waals surface area contributed by atoms with E-state index in [1.54, 1.807) is 0 Å². The second kappa shape index (κ2) is 7.93. The first-order chi connectivity index (χ1) is 20.8. The first kappa shape index (κ1) is 22.0. The van der Waals surface area contributed by atoms with Gasteiger partial charge in [-0.25, -0.2) is 9.97 Å². The van der Waals surface area contributed by atoms with Crippen LogP contribution in [0.15, 0.2) is 132 Å². The van der Waals surface area contributed by atoms with E-state index in [0.29, 0.717) is 0 Å². The standard InChI is InChI=1S/C38H21N3O/c1-2-10-26-24(8-1)27-11-7-12-28-29-20-22(23-17-19-35-30(21-23)25-9-3-6-15-34(25)42-35)16-18-33(29)41(37(27)28)38-36(26)39-31-13-4-5-14-32(31)40-38/h1-21H. The highest BCUT2D eigenvalue weighted by molar-refractivity contribution is 6.17. The molecule has 3 aromatic heterocycles. The van der Waals surface area contributed by atoms with Crippen molar-refractivity contribution < 1.29 is 4.42 Å². The molecule has 0 saturated carbocycles. The topological polar surface area (TPSA) is 43.9 Å². The van der Waals surface area contributed by atoms with E-state index in [1.165, 1.54) is 27.5 Å². The van der Waals surface area contributed by atoms with Gasteiger partial charge in [0.05, 0.1) is 22.1 Å². The van der Waals surface area contributed by atoms with E-state index in [-0.39, 0.29) is 0 Å². The molecule has 0 bridgehead atoms. The third-order valence-electron chi connectivity index (χ3n) is 8.73. The van der Waals surface area contributed by atoms with Crippen LogP contribution in [0.1, 0.15) is 0 Å². The molecule has 4 heterocycles. The quantitative estimate of drug-likeness (QED) is 0.210. The van der Waals surface area contributed by atoms with Crippen molar-refractivity contribution in [2.45, 2.75) is 0 Å². The van der Waals surface area contributed by atoms with E-state index >= 15 is 0 Å². The zero-order valence-corrected chi connectivity index (χ0v) is 22.4. The summed E-state index contributed by atoms with van der Waals surface area (Å²) in [5, 5.41) is 4.67. The number of nitrogens with zero attached hydrogens (tertiary/aromatic N) is 3. The van der Waals surface area contributed by atoms with Crippen LogP contribution in [-0.2, 0) is 0 Å². The molecule has 194 valence electrons. The van der Waals surface area contributed by atoms with Crippen molar-refractivity contribution in [2.24, 2.45) is 0 Å². The average Bonchev–Trinajstić information content (AvgIpc) is 3.55. The number of benzene rings is 6. The number of furan rings is 1. The molecule has 0 amide bonds. The Morgan fingerprint density at radius 1 is 0.476 bits per heavy atom. The molecule has 4 heteroatoms. The maximum absolute atomic E-state index is 6.10. The average molecular weight is 536 g/mol. The van der Waals surface area contributed by atoms with Crippen molar-refractivity contribution in [2.75, 3.05) is 0 Å². The Labute approximate surface area is 240 Å². The normalized spacial score (nSPS) is 12.3. The van der Waals surface area contributed by atoms with E-state index in [1.807, 2.05) is 36.4 Å². The molecule has 0 unspecified atom stereocenters. The molecule has 0 aliphatic carbocycles. The number of fused-ring (bicyclic) bond motifs is 12. The Kier molecular flexibility index (Phi) is 4.15. The van der Waals surface area contributed by atoms with Gasteiger partial charge in [-0.15, -0.1) is 0 Å². The van der Waals surface area contributed by atoms with Crippen LogP contribution in [-0.4, -0.2) is 14.5 Å². The predicted octanol–water partition coefficient (Wildman–Crippen LogP) is 9.94. The Hall–Kier alpha value is -5.74. The second-order valence-corrected chi connectivity index (χ2v) is 11.0. The molecule has 0 fully saturated rings. The van der Waals surface area contributed by atoms with E-state index in [0.717, 1.165) is 66.6 Å². The summed E-state index contributed by atoms with van der Waals surface area (Å²) in [6.45, 7) is 0. The van der Waals surface area contributed by atoms with Crippen LogP contribution in [0, 0.1) is 0 Å². The molecule has 0 radical (unpaired) electrons. The maximum Gasteiger partial charge on any atom is 0.165 e. The van der Waals surface area contributed by atoms with Gasteiger partial charge in [0.2, 0.25) is 0 Å². The summed E-state index contributed by atoms with van der Waals surface area (Å²) in [5.41, 5.74) is 12.6. The van der Waals surface area contributed by atoms with Crippen molar-refractivity contribution in [1.82, 2.24) is 14.5 Å². The summed E-state index contributed by atoms with van der Waals surface area (Å²) in [4.78, 5) is 10.4. The zero-order chi connectivity index (χ0) is 27.4. The van der Waals surface area contributed by atoms with Gasteiger partial charge in [-0.1, -0.05) is 84.9 Å². The number of hydrogen-bond acceptors (Lipinski definition) is 3. The van der Waals surface area contributed by atoms with Gasteiger partial charge in [0.25, 0.3) is 0 Å². The first-order valence-electron chi connectivity index (χ1n) is 14.2. The summed E-state index contributed by atoms with van der Waals surface area (Å²) in [6, 6.07) is 44.8. The summed E-state index contributed by atoms with van der Waals surface area (Å²) in [5.74, 6) is 0.866. The number of rotatable bonds is 1. The van der Waals surface area contributed by atoms with Gasteiger partial charge < -0.3 is 4.42 Å². The molecule has 9 aromatic rings. The molecule has 1 aliphatic heterocycles. The Morgan fingerprint density at radius 2 is 1.14 bits per heavy atom. The van der Waals surface area contributed by atoms with E-state index < -0.39 is 0 Å². The highest BCUT2D eigenvalue weighted by atomic mass is 16.3. The maximum atomic E-state index is 6.10. The van der Waals surface area contributed by atoms with Crippen molar-refractivity contribution in [1.29, 1.82) is 0 Å². The van der Waals surface area contributed by atoms with Gasteiger partial charge in [-0.2, -0.15) is 0 Å². The number of aromatic nitrogens is 3. The van der Waals surface area contributed by atoms with Crippen molar-refractivity contribution in [3.63, 3.8) is 0 Å². The molecule has 0 spiro atoms. The molecule has 42 heavy (non-hydrogen) atoms. The SMILES string of the molecule is c1ccc2c(c1)-c1nc3ccccc3nc1-n1c3ccc(-c4ccc5oc6ccccc6c5c4)cc3c3cccc-2c31. The monoisotopic (exact) mass is 535 g/mol. The Morgan fingerprint density at radius 3 is 2.05 bits per heavy atom. The zero-order valence-electron chi connectivity index (χ0n) is 22.4. The lowest BCUT2D eigenvalue weighted by Crippen LogP contribution is -2.02. The van der Waals surface area contributed by atoms with Gasteiger partial charge in [0, 0.05) is 32.7 Å². The Bertz CT molecular complexity index is 2590. The fourth-order valence-electron chi connectivity index (χ4n) is 6.84. The first-order valence-corrected chi connectivity index (χ1v) is 14.2. The summed E-state index contributed by atoms with van der Waals surface area (Å²) >= 11 is 0. The highest BCUT2D eigenvalue weighted by Crippen LogP contribution is 2.46. The lowest BCUT2D eigenvalue weighted by molar-refractivity contribution is 0.669. The fourth-order valence-corrected chi connectivity index (χ4v) is 6.84. The van der Waals surface area contributed by atoms with Crippen LogP contribution in [0.2, 0.25) is 0 Å². The van der Waals surface area contributed by atoms with Crippen molar-refractivity contribution in [3.8, 4) is 39.3 Å². The largest absolute Gasteiger partial charge is 0.456 e. The van der Waals surface area contributed by atoms with Crippen molar-refractivity contribution in [3.05, 3.63) is 127 Å². The highest BCUT2D eigenvalue weighted by Gasteiger charge is 2.26. The summed E-state index contributed by atoms with van der Waals surface area (Å²) in [6.07, 6.45) is 0. The predicted molar refractivity (Wildman–Crippen MR) is 171 cm³/mol. The second-order valence-electron chi connectivity index (χ2n) is 11.0. The number of para-hydroxylation sites is 4. The minimum Gasteiger partial charge on any atom is -0.456 e. The minimum absolute atomic E-state index is 0.866. The lowest BCUT2D eigenvalue weighted by atomic mass is 9.96. The van der Waals surface area contributed by atoms with Crippen LogP contribution in [0.25, 0.3) is 94.1 Å². The third-order valence-corrected chi connectivity index (χ3v) is 8.73. The van der Waals surface area contributed by atoms with Gasteiger partial charge >= 0.3 is 0 Å². The van der Waals surface area contributed by atoms with E-state index in [2.05, 4.69) is 95.6 Å². The smallest absolute Gasteiger partial charge is 0.165 e. The summed E-state index contributed by atoms with van der Waals surface area (Å²) < 4.78 is 8.42. The fraction of sp³-hybridized carbons (Fsp3) is 0. The van der Waals surface area contributed by atoms with Gasteiger partial charge in [-0.3, -0.25) is 4.57 Å². The lowest BCUT2D eigenvalue weighted by Gasteiger charge is -2.12. The van der Waals surface area contributed by atoms with Crippen molar-refractivity contribution >= 4 is 54.8 Å². The molecule has 10 rings (SSSR count). The van der Waals surface area contributed by atoms with Crippen LogP contribution in [0.4, 0.5) is 0 Å². The van der Waals surface area contributed by atoms with Crippen LogP contribution in [0.3, 0.4) is 0 Å². The Balaban J connectivity index is 1.30. The van der Waals surface area contributed by atoms with Gasteiger partial charge in [0.1, 0.15) is 16.9 Å². The van der Waals surface area contributed by atoms with Crippen LogP contribution >= 0.6 is 0 Å². The van der Waals surface area contributed by atoms with Gasteiger partial charge in [-0.05, 0) is 59.2 Å².